The highest BCUT2D eigenvalue weighted by atomic mass is 35.5. The molecule has 0 unspecified atom stereocenters. The summed E-state index contributed by atoms with van der Waals surface area (Å²) in [6, 6.07) is 3.62. The van der Waals surface area contributed by atoms with Crippen molar-refractivity contribution in [3.63, 3.8) is 0 Å². The average Bonchev–Trinajstić information content (AvgIpc) is 2.62. The largest absolute Gasteiger partial charge is 0.467 e. The van der Waals surface area contributed by atoms with E-state index in [1.165, 1.54) is 25.3 Å². The van der Waals surface area contributed by atoms with Crippen molar-refractivity contribution in [1.29, 1.82) is 0 Å². The molecule has 2 N–H and O–H groups in total. The van der Waals surface area contributed by atoms with Crippen LogP contribution in [-0.2, 0) is 19.6 Å². The van der Waals surface area contributed by atoms with Crippen LogP contribution in [0.5, 0.6) is 0 Å². The topological polar surface area (TPSA) is 102 Å². The molecule has 0 aromatic heterocycles. The molecule has 0 atom stereocenters. The van der Waals surface area contributed by atoms with Gasteiger partial charge in [-0.15, -0.1) is 0 Å². The molecule has 2 rings (SSSR count). The molecule has 1 aromatic carbocycles. The number of sulfonamides is 1. The third-order valence-corrected chi connectivity index (χ3v) is 6.93. The number of nitrogens with one attached hydrogen (secondary N) is 2. The molecule has 0 bridgehead atoms. The molecule has 7 nitrogen and oxygen atoms in total. The van der Waals surface area contributed by atoms with E-state index in [1.54, 1.807) is 13.8 Å². The fraction of sp³-hybridized carbons (Fsp3) is 0.579. The second kappa shape index (κ2) is 8.80. The lowest BCUT2D eigenvalue weighted by Crippen LogP contribution is -2.56. The van der Waals surface area contributed by atoms with Crippen molar-refractivity contribution in [1.82, 2.24) is 10.0 Å². The van der Waals surface area contributed by atoms with Crippen molar-refractivity contribution in [3.05, 3.63) is 28.8 Å². The Morgan fingerprint density at radius 2 is 1.86 bits per heavy atom. The molecular weight excluding hydrogens is 404 g/mol. The molecule has 1 aliphatic rings. The van der Waals surface area contributed by atoms with Gasteiger partial charge in [0.1, 0.15) is 5.54 Å². The zero-order valence-corrected chi connectivity index (χ0v) is 18.1. The summed E-state index contributed by atoms with van der Waals surface area (Å²) in [6.45, 7) is 5.49. The molecule has 156 valence electrons. The van der Waals surface area contributed by atoms with Crippen molar-refractivity contribution in [2.45, 2.75) is 62.9 Å². The minimum Gasteiger partial charge on any atom is -0.467 e. The van der Waals surface area contributed by atoms with Gasteiger partial charge in [-0.2, -0.15) is 0 Å². The smallest absolute Gasteiger partial charge is 0.331 e. The second-order valence-corrected chi connectivity index (χ2v) is 9.75. The molecule has 28 heavy (non-hydrogen) atoms. The fourth-order valence-electron chi connectivity index (χ4n) is 3.34. The molecule has 0 radical (unpaired) electrons. The summed E-state index contributed by atoms with van der Waals surface area (Å²) < 4.78 is 32.2. The van der Waals surface area contributed by atoms with Crippen LogP contribution in [0.4, 0.5) is 0 Å². The summed E-state index contributed by atoms with van der Waals surface area (Å²) in [5.41, 5.74) is -1.14. The van der Waals surface area contributed by atoms with E-state index in [2.05, 4.69) is 17.0 Å². The van der Waals surface area contributed by atoms with Gasteiger partial charge < -0.3 is 10.1 Å². The van der Waals surface area contributed by atoms with Crippen LogP contribution in [0, 0.1) is 5.92 Å². The summed E-state index contributed by atoms with van der Waals surface area (Å²) in [5, 5.41) is 2.87. The van der Waals surface area contributed by atoms with Crippen LogP contribution >= 0.6 is 11.6 Å². The number of carbonyl (C=O) groups is 2. The number of carbonyl (C=O) groups excluding carboxylic acids is 2. The monoisotopic (exact) mass is 430 g/mol. The predicted molar refractivity (Wildman–Crippen MR) is 107 cm³/mol. The van der Waals surface area contributed by atoms with Gasteiger partial charge in [-0.3, -0.25) is 4.79 Å². The maximum Gasteiger partial charge on any atom is 0.331 e. The number of amides is 1. The van der Waals surface area contributed by atoms with Gasteiger partial charge in [-0.1, -0.05) is 18.5 Å². The highest BCUT2D eigenvalue weighted by Crippen LogP contribution is 2.33. The van der Waals surface area contributed by atoms with E-state index in [4.69, 9.17) is 16.3 Å². The van der Waals surface area contributed by atoms with Crippen molar-refractivity contribution >= 4 is 33.5 Å². The van der Waals surface area contributed by atoms with Gasteiger partial charge in [0.25, 0.3) is 5.91 Å². The van der Waals surface area contributed by atoms with Crippen molar-refractivity contribution in [2.75, 3.05) is 7.11 Å². The van der Waals surface area contributed by atoms with Crippen LogP contribution in [0.15, 0.2) is 23.1 Å². The van der Waals surface area contributed by atoms with E-state index in [9.17, 15) is 18.0 Å². The van der Waals surface area contributed by atoms with Crippen LogP contribution in [-0.4, -0.2) is 39.0 Å². The number of rotatable bonds is 6. The van der Waals surface area contributed by atoms with Crippen LogP contribution in [0.2, 0.25) is 5.02 Å². The fourth-order valence-corrected chi connectivity index (χ4v) is 4.82. The van der Waals surface area contributed by atoms with E-state index < -0.39 is 27.4 Å². The first-order valence-electron chi connectivity index (χ1n) is 9.23. The normalized spacial score (nSPS) is 22.7. The number of hydrogen-bond acceptors (Lipinski definition) is 5. The van der Waals surface area contributed by atoms with Crippen molar-refractivity contribution in [3.8, 4) is 0 Å². The lowest BCUT2D eigenvalue weighted by Gasteiger charge is -2.37. The first kappa shape index (κ1) is 22.6. The Morgan fingerprint density at radius 1 is 1.25 bits per heavy atom. The van der Waals surface area contributed by atoms with Gasteiger partial charge in [0, 0.05) is 6.04 Å². The lowest BCUT2D eigenvalue weighted by molar-refractivity contribution is -0.150. The maximum atomic E-state index is 12.9. The van der Waals surface area contributed by atoms with Crippen LogP contribution in [0.3, 0.4) is 0 Å². The van der Waals surface area contributed by atoms with Crippen molar-refractivity contribution < 1.29 is 22.7 Å². The van der Waals surface area contributed by atoms with E-state index >= 15 is 0 Å². The summed E-state index contributed by atoms with van der Waals surface area (Å²) in [4.78, 5) is 25.3. The zero-order valence-electron chi connectivity index (χ0n) is 16.5. The summed E-state index contributed by atoms with van der Waals surface area (Å²) in [6.07, 6.45) is 2.46. The maximum absolute atomic E-state index is 12.9. The zero-order chi connectivity index (χ0) is 21.1. The van der Waals surface area contributed by atoms with E-state index in [0.717, 1.165) is 12.8 Å². The SMILES string of the molecule is COC(=O)C1(NC(=O)c2cc(S(=O)(=O)NC(C)C)ccc2Cl)CCC(C)CC1. The van der Waals surface area contributed by atoms with Crippen LogP contribution < -0.4 is 10.0 Å². The quantitative estimate of drug-likeness (QED) is 0.675. The van der Waals surface area contributed by atoms with Gasteiger partial charge in [0.15, 0.2) is 0 Å². The first-order chi connectivity index (χ1) is 13.0. The number of hydrogen-bond donors (Lipinski definition) is 2. The highest BCUT2D eigenvalue weighted by Gasteiger charge is 2.43. The Kier molecular flexibility index (Phi) is 7.12. The Bertz CT molecular complexity index is 846. The number of ether oxygens (including phenoxy) is 1. The molecule has 0 spiro atoms. The molecular formula is C19H27ClN2O5S. The summed E-state index contributed by atoms with van der Waals surface area (Å²) in [5.74, 6) is -0.658. The van der Waals surface area contributed by atoms with Crippen molar-refractivity contribution in [2.24, 2.45) is 5.92 Å². The molecule has 0 saturated heterocycles. The van der Waals surface area contributed by atoms with E-state index in [1.807, 2.05) is 0 Å². The Hall–Kier alpha value is -1.64. The van der Waals surface area contributed by atoms with E-state index in [0.29, 0.717) is 18.8 Å². The Morgan fingerprint density at radius 3 is 2.39 bits per heavy atom. The lowest BCUT2D eigenvalue weighted by atomic mass is 9.77. The predicted octanol–water partition coefficient (Wildman–Crippen LogP) is 2.88. The third kappa shape index (κ3) is 5.04. The minimum absolute atomic E-state index is 0.00445. The molecule has 9 heteroatoms. The minimum atomic E-state index is -3.79. The standard InChI is InChI=1S/C19H27ClN2O5S/c1-12(2)22-28(25,26)14-5-6-16(20)15(11-14)17(23)21-19(18(24)27-4)9-7-13(3)8-10-19/h5-6,11-13,22H,7-10H2,1-4H3,(H,21,23). The molecule has 1 amide bonds. The van der Waals surface area contributed by atoms with Crippen LogP contribution in [0.1, 0.15) is 56.8 Å². The Labute approximate surface area is 171 Å². The summed E-state index contributed by atoms with van der Waals surface area (Å²) >= 11 is 6.15. The number of esters is 1. The van der Waals surface area contributed by atoms with Gasteiger partial charge >= 0.3 is 5.97 Å². The molecule has 1 saturated carbocycles. The highest BCUT2D eigenvalue weighted by molar-refractivity contribution is 7.89. The number of benzene rings is 1. The summed E-state index contributed by atoms with van der Waals surface area (Å²) in [7, 11) is -2.51. The van der Waals surface area contributed by atoms with E-state index in [-0.39, 0.29) is 21.5 Å². The van der Waals surface area contributed by atoms with Gasteiger partial charge in [0.2, 0.25) is 10.0 Å². The third-order valence-electron chi connectivity index (χ3n) is 4.94. The van der Waals surface area contributed by atoms with Gasteiger partial charge in [0.05, 0.1) is 22.6 Å². The molecule has 0 aliphatic heterocycles. The average molecular weight is 431 g/mol. The Balaban J connectivity index is 2.35. The number of halogens is 1. The number of methoxy groups -OCH3 is 1. The van der Waals surface area contributed by atoms with Gasteiger partial charge in [-0.05, 0) is 63.6 Å². The molecule has 1 aromatic rings. The molecule has 1 aliphatic carbocycles. The van der Waals surface area contributed by atoms with Crippen LogP contribution in [0.25, 0.3) is 0 Å². The second-order valence-electron chi connectivity index (χ2n) is 7.63. The van der Waals surface area contributed by atoms with Gasteiger partial charge in [-0.25, -0.2) is 17.9 Å². The molecule has 0 heterocycles. The molecule has 1 fully saturated rings. The first-order valence-corrected chi connectivity index (χ1v) is 11.1.